The molecule has 0 aliphatic heterocycles. The first-order chi connectivity index (χ1) is 10.3. The number of rotatable bonds is 7. The molecule has 2 rings (SSSR count). The van der Waals surface area contributed by atoms with Gasteiger partial charge in [-0.25, -0.2) is 0 Å². The zero-order valence-electron chi connectivity index (χ0n) is 13.0. The first-order valence-corrected chi connectivity index (χ1v) is 7.48. The van der Waals surface area contributed by atoms with E-state index in [9.17, 15) is 0 Å². The van der Waals surface area contributed by atoms with Crippen molar-refractivity contribution in [2.75, 3.05) is 13.7 Å². The molecule has 0 amide bonds. The van der Waals surface area contributed by atoms with Gasteiger partial charge >= 0.3 is 0 Å². The maximum atomic E-state index is 5.07. The Kier molecular flexibility index (Phi) is 5.69. The molecule has 0 bridgehead atoms. The molecular weight excluding hydrogens is 262 g/mol. The highest BCUT2D eigenvalue weighted by atomic mass is 16.5. The molecule has 1 heterocycles. The number of aryl methyl sites for hydroxylation is 1. The SMILES string of the molecule is CCCNC(c1ccc(CC)cc1)c1ccc(OC)nn1. The number of hydrogen-bond acceptors (Lipinski definition) is 4. The number of aromatic nitrogens is 2. The summed E-state index contributed by atoms with van der Waals surface area (Å²) in [5, 5.41) is 11.9. The van der Waals surface area contributed by atoms with Crippen LogP contribution in [0.2, 0.25) is 0 Å². The van der Waals surface area contributed by atoms with Crippen molar-refractivity contribution in [2.24, 2.45) is 0 Å². The van der Waals surface area contributed by atoms with Gasteiger partial charge in [-0.05, 0) is 36.6 Å². The lowest BCUT2D eigenvalue weighted by molar-refractivity contribution is 0.390. The van der Waals surface area contributed by atoms with Gasteiger partial charge in [0.05, 0.1) is 18.8 Å². The molecule has 0 spiro atoms. The zero-order valence-corrected chi connectivity index (χ0v) is 13.0. The molecule has 1 aromatic heterocycles. The molecule has 112 valence electrons. The van der Waals surface area contributed by atoms with Gasteiger partial charge in [0, 0.05) is 6.07 Å². The first-order valence-electron chi connectivity index (χ1n) is 7.48. The van der Waals surface area contributed by atoms with Crippen molar-refractivity contribution < 1.29 is 4.74 Å². The molecule has 4 nitrogen and oxygen atoms in total. The highest BCUT2D eigenvalue weighted by Crippen LogP contribution is 2.21. The largest absolute Gasteiger partial charge is 0.480 e. The molecular formula is C17H23N3O. The second-order valence-corrected chi connectivity index (χ2v) is 4.98. The average molecular weight is 285 g/mol. The van der Waals surface area contributed by atoms with Crippen molar-refractivity contribution in [3.63, 3.8) is 0 Å². The maximum absolute atomic E-state index is 5.07. The summed E-state index contributed by atoms with van der Waals surface area (Å²) in [6.07, 6.45) is 2.13. The van der Waals surface area contributed by atoms with Crippen LogP contribution in [-0.2, 0) is 6.42 Å². The summed E-state index contributed by atoms with van der Waals surface area (Å²) < 4.78 is 5.07. The third kappa shape index (κ3) is 4.02. The summed E-state index contributed by atoms with van der Waals surface area (Å²) >= 11 is 0. The van der Waals surface area contributed by atoms with Crippen LogP contribution >= 0.6 is 0 Å². The van der Waals surface area contributed by atoms with Crippen LogP contribution < -0.4 is 10.1 Å². The zero-order chi connectivity index (χ0) is 15.1. The molecule has 0 aliphatic rings. The summed E-state index contributed by atoms with van der Waals surface area (Å²) in [6.45, 7) is 5.26. The van der Waals surface area contributed by atoms with Crippen molar-refractivity contribution in [1.29, 1.82) is 0 Å². The van der Waals surface area contributed by atoms with Crippen LogP contribution in [0.5, 0.6) is 5.88 Å². The van der Waals surface area contributed by atoms with E-state index in [0.29, 0.717) is 5.88 Å². The van der Waals surface area contributed by atoms with E-state index in [1.807, 2.05) is 12.1 Å². The molecule has 0 fully saturated rings. The van der Waals surface area contributed by atoms with Crippen LogP contribution in [0, 0.1) is 0 Å². The highest BCUT2D eigenvalue weighted by molar-refractivity contribution is 5.31. The minimum atomic E-state index is 0.0641. The average Bonchev–Trinajstić information content (AvgIpc) is 2.56. The molecule has 1 aromatic carbocycles. The van der Waals surface area contributed by atoms with Gasteiger partial charge in [-0.1, -0.05) is 38.1 Å². The second-order valence-electron chi connectivity index (χ2n) is 4.98. The summed E-state index contributed by atoms with van der Waals surface area (Å²) in [4.78, 5) is 0. The number of benzene rings is 1. The van der Waals surface area contributed by atoms with Gasteiger partial charge < -0.3 is 10.1 Å². The number of nitrogens with zero attached hydrogens (tertiary/aromatic N) is 2. The summed E-state index contributed by atoms with van der Waals surface area (Å²) in [5.41, 5.74) is 3.46. The Labute approximate surface area is 126 Å². The lowest BCUT2D eigenvalue weighted by Gasteiger charge is -2.18. The monoisotopic (exact) mass is 285 g/mol. The summed E-state index contributed by atoms with van der Waals surface area (Å²) in [5.74, 6) is 0.536. The van der Waals surface area contributed by atoms with Crippen molar-refractivity contribution >= 4 is 0 Å². The summed E-state index contributed by atoms with van der Waals surface area (Å²) in [6, 6.07) is 12.6. The fourth-order valence-corrected chi connectivity index (χ4v) is 2.22. The molecule has 4 heteroatoms. The Bertz CT molecular complexity index is 489. The van der Waals surface area contributed by atoms with E-state index in [1.54, 1.807) is 7.11 Å². The third-order valence-electron chi connectivity index (χ3n) is 3.49. The van der Waals surface area contributed by atoms with Crippen LogP contribution in [0.15, 0.2) is 36.4 Å². The lowest BCUT2D eigenvalue weighted by Crippen LogP contribution is -2.24. The standard InChI is InChI=1S/C17H23N3O/c1-4-12-18-17(14-8-6-13(5-2)7-9-14)15-10-11-16(21-3)20-19-15/h6-11,17-18H,4-5,12H2,1-3H3. The molecule has 21 heavy (non-hydrogen) atoms. The van der Waals surface area contributed by atoms with E-state index < -0.39 is 0 Å². The van der Waals surface area contributed by atoms with Crippen molar-refractivity contribution in [3.8, 4) is 5.88 Å². The summed E-state index contributed by atoms with van der Waals surface area (Å²) in [7, 11) is 1.60. The first kappa shape index (κ1) is 15.4. The number of hydrogen-bond donors (Lipinski definition) is 1. The minimum Gasteiger partial charge on any atom is -0.480 e. The fourth-order valence-electron chi connectivity index (χ4n) is 2.22. The fraction of sp³-hybridized carbons (Fsp3) is 0.412. The third-order valence-corrected chi connectivity index (χ3v) is 3.49. The normalized spacial score (nSPS) is 12.1. The van der Waals surface area contributed by atoms with Gasteiger partial charge in [-0.15, -0.1) is 10.2 Å². The van der Waals surface area contributed by atoms with Gasteiger partial charge in [0.15, 0.2) is 0 Å². The second kappa shape index (κ2) is 7.74. The molecule has 0 radical (unpaired) electrons. The number of ether oxygens (including phenoxy) is 1. The van der Waals surface area contributed by atoms with Crippen LogP contribution in [0.3, 0.4) is 0 Å². The predicted molar refractivity (Wildman–Crippen MR) is 84.5 cm³/mol. The van der Waals surface area contributed by atoms with Gasteiger partial charge in [0.2, 0.25) is 5.88 Å². The highest BCUT2D eigenvalue weighted by Gasteiger charge is 2.15. The molecule has 0 aliphatic carbocycles. The Hall–Kier alpha value is -1.94. The van der Waals surface area contributed by atoms with Crippen molar-refractivity contribution in [3.05, 3.63) is 53.2 Å². The molecule has 0 saturated carbocycles. The topological polar surface area (TPSA) is 47.0 Å². The van der Waals surface area contributed by atoms with Gasteiger partial charge in [-0.3, -0.25) is 0 Å². The van der Waals surface area contributed by atoms with Crippen molar-refractivity contribution in [2.45, 2.75) is 32.7 Å². The Morgan fingerprint density at radius 1 is 1.05 bits per heavy atom. The Morgan fingerprint density at radius 2 is 1.81 bits per heavy atom. The van der Waals surface area contributed by atoms with Crippen molar-refractivity contribution in [1.82, 2.24) is 15.5 Å². The van der Waals surface area contributed by atoms with E-state index >= 15 is 0 Å². The molecule has 1 unspecified atom stereocenters. The van der Waals surface area contributed by atoms with E-state index in [4.69, 9.17) is 4.74 Å². The van der Waals surface area contributed by atoms with Gasteiger partial charge in [0.1, 0.15) is 0 Å². The molecule has 2 aromatic rings. The van der Waals surface area contributed by atoms with Crippen LogP contribution in [-0.4, -0.2) is 23.9 Å². The Morgan fingerprint density at radius 3 is 2.33 bits per heavy atom. The molecule has 1 N–H and O–H groups in total. The molecule has 1 atom stereocenters. The number of methoxy groups -OCH3 is 1. The predicted octanol–water partition coefficient (Wildman–Crippen LogP) is 3.14. The number of nitrogens with one attached hydrogen (secondary N) is 1. The smallest absolute Gasteiger partial charge is 0.233 e. The van der Waals surface area contributed by atoms with Crippen LogP contribution in [0.4, 0.5) is 0 Å². The molecule has 0 saturated heterocycles. The van der Waals surface area contributed by atoms with Crippen LogP contribution in [0.25, 0.3) is 0 Å². The van der Waals surface area contributed by atoms with E-state index in [1.165, 1.54) is 11.1 Å². The van der Waals surface area contributed by atoms with Gasteiger partial charge in [-0.2, -0.15) is 0 Å². The lowest BCUT2D eigenvalue weighted by atomic mass is 10.0. The Balaban J connectivity index is 2.26. The van der Waals surface area contributed by atoms with E-state index in [2.05, 4.69) is 53.6 Å². The van der Waals surface area contributed by atoms with E-state index in [0.717, 1.165) is 25.1 Å². The maximum Gasteiger partial charge on any atom is 0.233 e. The van der Waals surface area contributed by atoms with Gasteiger partial charge in [0.25, 0.3) is 0 Å². The van der Waals surface area contributed by atoms with E-state index in [-0.39, 0.29) is 6.04 Å². The minimum absolute atomic E-state index is 0.0641. The van der Waals surface area contributed by atoms with Crippen LogP contribution in [0.1, 0.15) is 43.1 Å². The quantitative estimate of drug-likeness (QED) is 0.849.